The Balaban J connectivity index is 2.94. The number of carbonyl (C=O) groups excluding carboxylic acids is 1. The van der Waals surface area contributed by atoms with Crippen molar-refractivity contribution in [3.8, 4) is 0 Å². The predicted octanol–water partition coefficient (Wildman–Crippen LogP) is 3.08. The molecule has 88 valence electrons. The van der Waals surface area contributed by atoms with Crippen molar-refractivity contribution in [2.45, 2.75) is 39.0 Å². The number of hydrogen-bond donors (Lipinski definition) is 1. The maximum Gasteiger partial charge on any atom is 0.225 e. The predicted molar refractivity (Wildman–Crippen MR) is 67.1 cm³/mol. The summed E-state index contributed by atoms with van der Waals surface area (Å²) in [7, 11) is 0. The fourth-order valence-corrected chi connectivity index (χ4v) is 2.31. The lowest BCUT2D eigenvalue weighted by atomic mass is 9.81. The molecule has 0 saturated carbocycles. The molecule has 1 aromatic carbocycles. The number of rotatable bonds is 6. The minimum Gasteiger partial charge on any atom is -0.369 e. The van der Waals surface area contributed by atoms with Crippen LogP contribution in [0.1, 0.15) is 44.6 Å². The highest BCUT2D eigenvalue weighted by molar-refractivity contribution is 5.82. The summed E-state index contributed by atoms with van der Waals surface area (Å²) in [6, 6.07) is 9.87. The minimum absolute atomic E-state index is 0.133. The summed E-state index contributed by atoms with van der Waals surface area (Å²) in [5.74, 6) is 0.0301. The molecule has 1 amide bonds. The highest BCUT2D eigenvalue weighted by Gasteiger charge is 2.25. The van der Waals surface area contributed by atoms with E-state index in [0.717, 1.165) is 24.8 Å². The highest BCUT2D eigenvalue weighted by Crippen LogP contribution is 2.30. The SMILES string of the molecule is CCCC(CC)C(C(N)=O)c1ccccc1. The van der Waals surface area contributed by atoms with Crippen LogP contribution in [-0.4, -0.2) is 5.91 Å². The largest absolute Gasteiger partial charge is 0.369 e. The Morgan fingerprint density at radius 3 is 2.31 bits per heavy atom. The Labute approximate surface area is 97.9 Å². The van der Waals surface area contributed by atoms with Crippen molar-refractivity contribution in [1.82, 2.24) is 0 Å². The van der Waals surface area contributed by atoms with Crippen LogP contribution >= 0.6 is 0 Å². The Kier molecular flexibility index (Phi) is 5.03. The number of nitrogens with two attached hydrogens (primary N) is 1. The van der Waals surface area contributed by atoms with Crippen molar-refractivity contribution in [3.63, 3.8) is 0 Å². The van der Waals surface area contributed by atoms with Gasteiger partial charge < -0.3 is 5.73 Å². The van der Waals surface area contributed by atoms with Crippen molar-refractivity contribution in [2.24, 2.45) is 11.7 Å². The van der Waals surface area contributed by atoms with Crippen molar-refractivity contribution in [3.05, 3.63) is 35.9 Å². The monoisotopic (exact) mass is 219 g/mol. The van der Waals surface area contributed by atoms with E-state index in [1.807, 2.05) is 30.3 Å². The molecule has 0 aliphatic carbocycles. The number of carbonyl (C=O) groups is 1. The second-order valence-electron chi connectivity index (χ2n) is 4.25. The summed E-state index contributed by atoms with van der Waals surface area (Å²) in [5.41, 5.74) is 6.59. The zero-order chi connectivity index (χ0) is 12.0. The van der Waals surface area contributed by atoms with E-state index in [-0.39, 0.29) is 11.8 Å². The van der Waals surface area contributed by atoms with E-state index in [0.29, 0.717) is 5.92 Å². The molecule has 16 heavy (non-hydrogen) atoms. The van der Waals surface area contributed by atoms with E-state index in [4.69, 9.17) is 5.73 Å². The molecule has 0 fully saturated rings. The molecule has 0 bridgehead atoms. The Morgan fingerprint density at radius 1 is 1.25 bits per heavy atom. The first-order valence-corrected chi connectivity index (χ1v) is 6.04. The van der Waals surface area contributed by atoms with Crippen LogP contribution in [0.4, 0.5) is 0 Å². The molecule has 0 aromatic heterocycles. The third kappa shape index (κ3) is 3.09. The molecular formula is C14H21NO. The van der Waals surface area contributed by atoms with E-state index in [2.05, 4.69) is 13.8 Å². The average molecular weight is 219 g/mol. The number of amides is 1. The fourth-order valence-electron chi connectivity index (χ4n) is 2.31. The van der Waals surface area contributed by atoms with Crippen LogP contribution in [0, 0.1) is 5.92 Å². The molecule has 0 saturated heterocycles. The normalized spacial score (nSPS) is 14.4. The lowest BCUT2D eigenvalue weighted by Crippen LogP contribution is -2.27. The molecule has 2 heteroatoms. The molecule has 2 atom stereocenters. The summed E-state index contributed by atoms with van der Waals surface area (Å²) in [6.45, 7) is 4.27. The zero-order valence-corrected chi connectivity index (χ0v) is 10.1. The van der Waals surface area contributed by atoms with Crippen molar-refractivity contribution in [2.75, 3.05) is 0 Å². The lowest BCUT2D eigenvalue weighted by Gasteiger charge is -2.23. The van der Waals surface area contributed by atoms with Gasteiger partial charge in [-0.1, -0.05) is 57.0 Å². The molecule has 0 spiro atoms. The van der Waals surface area contributed by atoms with Gasteiger partial charge >= 0.3 is 0 Å². The molecule has 0 aliphatic rings. The second-order valence-corrected chi connectivity index (χ2v) is 4.25. The molecule has 2 N–H and O–H groups in total. The molecule has 1 rings (SSSR count). The number of benzene rings is 1. The van der Waals surface area contributed by atoms with Gasteiger partial charge in [-0.3, -0.25) is 4.79 Å². The van der Waals surface area contributed by atoms with Gasteiger partial charge in [-0.25, -0.2) is 0 Å². The maximum absolute atomic E-state index is 11.6. The van der Waals surface area contributed by atoms with Gasteiger partial charge in [-0.05, 0) is 17.9 Å². The van der Waals surface area contributed by atoms with Gasteiger partial charge in [0.05, 0.1) is 5.92 Å². The fraction of sp³-hybridized carbons (Fsp3) is 0.500. The third-order valence-corrected chi connectivity index (χ3v) is 3.12. The van der Waals surface area contributed by atoms with E-state index < -0.39 is 0 Å². The molecule has 0 radical (unpaired) electrons. The smallest absolute Gasteiger partial charge is 0.225 e. The maximum atomic E-state index is 11.6. The quantitative estimate of drug-likeness (QED) is 0.785. The van der Waals surface area contributed by atoms with Crippen LogP contribution in [0.5, 0.6) is 0 Å². The summed E-state index contributed by atoms with van der Waals surface area (Å²) >= 11 is 0. The number of hydrogen-bond acceptors (Lipinski definition) is 1. The van der Waals surface area contributed by atoms with Gasteiger partial charge in [-0.2, -0.15) is 0 Å². The molecule has 2 nitrogen and oxygen atoms in total. The first kappa shape index (κ1) is 12.8. The van der Waals surface area contributed by atoms with E-state index in [1.165, 1.54) is 0 Å². The number of primary amides is 1. The van der Waals surface area contributed by atoms with Crippen molar-refractivity contribution >= 4 is 5.91 Å². The van der Waals surface area contributed by atoms with E-state index >= 15 is 0 Å². The van der Waals surface area contributed by atoms with Crippen LogP contribution < -0.4 is 5.73 Å². The second kappa shape index (κ2) is 6.31. The van der Waals surface area contributed by atoms with Gasteiger partial charge in [0.2, 0.25) is 5.91 Å². The first-order valence-electron chi connectivity index (χ1n) is 6.04. The summed E-state index contributed by atoms with van der Waals surface area (Å²) in [5, 5.41) is 0. The first-order chi connectivity index (χ1) is 7.70. The van der Waals surface area contributed by atoms with E-state index in [1.54, 1.807) is 0 Å². The highest BCUT2D eigenvalue weighted by atomic mass is 16.1. The minimum atomic E-state index is -0.202. The van der Waals surface area contributed by atoms with Crippen molar-refractivity contribution < 1.29 is 4.79 Å². The Bertz CT molecular complexity index is 321. The van der Waals surface area contributed by atoms with Crippen LogP contribution in [0.3, 0.4) is 0 Å². The Morgan fingerprint density at radius 2 is 1.88 bits per heavy atom. The van der Waals surface area contributed by atoms with Crippen LogP contribution in [0.15, 0.2) is 30.3 Å². The van der Waals surface area contributed by atoms with Gasteiger partial charge in [-0.15, -0.1) is 0 Å². The molecular weight excluding hydrogens is 198 g/mol. The molecule has 0 aliphatic heterocycles. The molecule has 0 heterocycles. The van der Waals surface area contributed by atoms with Gasteiger partial charge in [0.15, 0.2) is 0 Å². The molecule has 1 aromatic rings. The van der Waals surface area contributed by atoms with Crippen LogP contribution in [0.2, 0.25) is 0 Å². The summed E-state index contributed by atoms with van der Waals surface area (Å²) in [4.78, 5) is 11.6. The van der Waals surface area contributed by atoms with Crippen molar-refractivity contribution in [1.29, 1.82) is 0 Å². The zero-order valence-electron chi connectivity index (χ0n) is 10.1. The standard InChI is InChI=1S/C14H21NO/c1-3-8-11(4-2)13(14(15)16)12-9-6-5-7-10-12/h5-7,9-11,13H,3-4,8H2,1-2H3,(H2,15,16). The summed E-state index contributed by atoms with van der Waals surface area (Å²) < 4.78 is 0. The average Bonchev–Trinajstić information content (AvgIpc) is 2.29. The molecule has 2 unspecified atom stereocenters. The Hall–Kier alpha value is -1.31. The van der Waals surface area contributed by atoms with E-state index in [9.17, 15) is 4.79 Å². The topological polar surface area (TPSA) is 43.1 Å². The third-order valence-electron chi connectivity index (χ3n) is 3.12. The lowest BCUT2D eigenvalue weighted by molar-refractivity contribution is -0.120. The van der Waals surface area contributed by atoms with Crippen LogP contribution in [-0.2, 0) is 4.79 Å². The van der Waals surface area contributed by atoms with Gasteiger partial charge in [0.25, 0.3) is 0 Å². The summed E-state index contributed by atoms with van der Waals surface area (Å²) in [6.07, 6.45) is 3.14. The van der Waals surface area contributed by atoms with Gasteiger partial charge in [0, 0.05) is 0 Å². The van der Waals surface area contributed by atoms with Gasteiger partial charge in [0.1, 0.15) is 0 Å². The van der Waals surface area contributed by atoms with Crippen LogP contribution in [0.25, 0.3) is 0 Å².